The van der Waals surface area contributed by atoms with Crippen molar-refractivity contribution in [2.24, 2.45) is 11.8 Å². The molecule has 0 heterocycles. The van der Waals surface area contributed by atoms with Crippen LogP contribution in [-0.4, -0.2) is 60.3 Å². The van der Waals surface area contributed by atoms with Crippen LogP contribution in [0.1, 0.15) is 65.2 Å². The molecule has 0 aliphatic rings. The van der Waals surface area contributed by atoms with Gasteiger partial charge in [0.25, 0.3) is 0 Å². The van der Waals surface area contributed by atoms with E-state index in [-0.39, 0.29) is 0 Å². The Balaban J connectivity index is 3.87. The fourth-order valence-electron chi connectivity index (χ4n) is 3.64. The van der Waals surface area contributed by atoms with E-state index in [0.29, 0.717) is 0 Å². The average molecular weight is 439 g/mol. The first-order valence-electron chi connectivity index (χ1n) is 10.7. The third-order valence-electron chi connectivity index (χ3n) is 5.88. The lowest BCUT2D eigenvalue weighted by atomic mass is 9.92. The Morgan fingerprint density at radius 3 is 1.00 bits per heavy atom. The van der Waals surface area contributed by atoms with Crippen LogP contribution >= 0.6 is 0 Å². The van der Waals surface area contributed by atoms with Gasteiger partial charge in [0.1, 0.15) is 0 Å². The third-order valence-corrected chi connectivity index (χ3v) is 11.5. The Kier molecular flexibility index (Phi) is 16.1. The minimum Gasteiger partial charge on any atom is -0.377 e. The normalized spacial score (nSPS) is 15.0. The summed E-state index contributed by atoms with van der Waals surface area (Å²) in [6, 6.07) is 1.80. The molecule has 0 fully saturated rings. The van der Waals surface area contributed by atoms with E-state index in [2.05, 4.69) is 13.8 Å². The van der Waals surface area contributed by atoms with Gasteiger partial charge in [-0.05, 0) is 24.7 Å². The fraction of sp³-hybridized carbons (Fsp3) is 1.00. The molecule has 0 aliphatic heterocycles. The van der Waals surface area contributed by atoms with E-state index in [0.717, 1.165) is 36.8 Å². The first-order chi connectivity index (χ1) is 13.4. The fourth-order valence-corrected chi connectivity index (χ4v) is 7.23. The molecule has 2 unspecified atom stereocenters. The van der Waals surface area contributed by atoms with Crippen molar-refractivity contribution in [1.29, 1.82) is 0 Å². The highest BCUT2D eigenvalue weighted by Gasteiger charge is 2.37. The average Bonchev–Trinajstić information content (AvgIpc) is 2.73. The van der Waals surface area contributed by atoms with Crippen LogP contribution in [0.25, 0.3) is 0 Å². The van der Waals surface area contributed by atoms with Crippen molar-refractivity contribution >= 4 is 17.6 Å². The van der Waals surface area contributed by atoms with Gasteiger partial charge in [0.05, 0.1) is 0 Å². The number of hydrogen-bond donors (Lipinski definition) is 0. The van der Waals surface area contributed by atoms with Gasteiger partial charge in [-0.2, -0.15) is 0 Å². The second-order valence-electron chi connectivity index (χ2n) is 7.87. The summed E-state index contributed by atoms with van der Waals surface area (Å²) in [5.41, 5.74) is 0. The minimum absolute atomic E-state index is 0.765. The van der Waals surface area contributed by atoms with E-state index in [1.54, 1.807) is 42.7 Å². The summed E-state index contributed by atoms with van der Waals surface area (Å²) in [5.74, 6) is 1.53. The molecule has 8 heteroatoms. The van der Waals surface area contributed by atoms with Gasteiger partial charge in [-0.15, -0.1) is 0 Å². The second kappa shape index (κ2) is 16.0. The molecule has 170 valence electrons. The van der Waals surface area contributed by atoms with Crippen molar-refractivity contribution < 1.29 is 26.6 Å². The van der Waals surface area contributed by atoms with Crippen molar-refractivity contribution in [1.82, 2.24) is 0 Å². The highest BCUT2D eigenvalue weighted by molar-refractivity contribution is 6.60. The van der Waals surface area contributed by atoms with Crippen LogP contribution in [0.15, 0.2) is 0 Å². The molecule has 28 heavy (non-hydrogen) atoms. The summed E-state index contributed by atoms with van der Waals surface area (Å²) in [4.78, 5) is 0. The Morgan fingerprint density at radius 1 is 0.464 bits per heavy atom. The maximum Gasteiger partial charge on any atom is 0.500 e. The Morgan fingerprint density at radius 2 is 0.750 bits per heavy atom. The van der Waals surface area contributed by atoms with Crippen LogP contribution in [0, 0.1) is 11.8 Å². The summed E-state index contributed by atoms with van der Waals surface area (Å²) < 4.78 is 32.9. The zero-order valence-corrected chi connectivity index (χ0v) is 21.7. The molecule has 0 saturated carbocycles. The molecule has 0 N–H and O–H groups in total. The monoisotopic (exact) mass is 438 g/mol. The largest absolute Gasteiger partial charge is 0.500 e. The summed E-state index contributed by atoms with van der Waals surface area (Å²) in [7, 11) is 5.33. The van der Waals surface area contributed by atoms with E-state index in [4.69, 9.17) is 26.6 Å². The van der Waals surface area contributed by atoms with Gasteiger partial charge < -0.3 is 26.6 Å². The topological polar surface area (TPSA) is 55.4 Å². The number of rotatable bonds is 19. The van der Waals surface area contributed by atoms with E-state index < -0.39 is 17.6 Å². The second-order valence-corrected chi connectivity index (χ2v) is 14.1. The predicted octanol–water partition coefficient (Wildman–Crippen LogP) is 5.14. The van der Waals surface area contributed by atoms with Crippen molar-refractivity contribution in [2.45, 2.75) is 77.3 Å². The Labute approximate surface area is 176 Å². The van der Waals surface area contributed by atoms with E-state index in [9.17, 15) is 0 Å². The SMILES string of the molecule is CO[Si](CCCCC(C)CCC(C)CCCC[Si](OC)(OC)OC)(OC)OC. The molecule has 0 amide bonds. The molecule has 0 aromatic carbocycles. The molecule has 0 aliphatic carbocycles. The molecule has 0 radical (unpaired) electrons. The molecular formula is C20H46O6Si2. The van der Waals surface area contributed by atoms with Crippen molar-refractivity contribution in [3.8, 4) is 0 Å². The molecular weight excluding hydrogens is 392 g/mol. The lowest BCUT2D eigenvalue weighted by Gasteiger charge is -2.24. The van der Waals surface area contributed by atoms with E-state index >= 15 is 0 Å². The highest BCUT2D eigenvalue weighted by atomic mass is 28.4. The number of unbranched alkanes of at least 4 members (excludes halogenated alkanes) is 2. The first-order valence-corrected chi connectivity index (χ1v) is 14.5. The van der Waals surface area contributed by atoms with Gasteiger partial charge in [0, 0.05) is 54.7 Å². The van der Waals surface area contributed by atoms with Crippen LogP contribution in [0.3, 0.4) is 0 Å². The maximum atomic E-state index is 5.48. The van der Waals surface area contributed by atoms with E-state index in [1.165, 1.54) is 38.5 Å². The lowest BCUT2D eigenvalue weighted by Crippen LogP contribution is -2.42. The van der Waals surface area contributed by atoms with Gasteiger partial charge in [-0.3, -0.25) is 0 Å². The van der Waals surface area contributed by atoms with Crippen molar-refractivity contribution in [2.75, 3.05) is 42.7 Å². The molecule has 2 atom stereocenters. The molecule has 0 saturated heterocycles. The summed E-state index contributed by atoms with van der Waals surface area (Å²) >= 11 is 0. The maximum absolute atomic E-state index is 5.48. The van der Waals surface area contributed by atoms with Gasteiger partial charge in [0.15, 0.2) is 0 Å². The number of hydrogen-bond acceptors (Lipinski definition) is 6. The van der Waals surface area contributed by atoms with Crippen molar-refractivity contribution in [3.05, 3.63) is 0 Å². The third kappa shape index (κ3) is 10.8. The van der Waals surface area contributed by atoms with Crippen molar-refractivity contribution in [3.63, 3.8) is 0 Å². The minimum atomic E-state index is -2.39. The van der Waals surface area contributed by atoms with Gasteiger partial charge in [-0.25, -0.2) is 0 Å². The predicted molar refractivity (Wildman–Crippen MR) is 118 cm³/mol. The lowest BCUT2D eigenvalue weighted by molar-refractivity contribution is 0.122. The van der Waals surface area contributed by atoms with Crippen LogP contribution < -0.4 is 0 Å². The molecule has 0 spiro atoms. The Hall–Kier alpha value is 0.194. The molecule has 0 aromatic heterocycles. The molecule has 0 bridgehead atoms. The van der Waals surface area contributed by atoms with Crippen LogP contribution in [0.4, 0.5) is 0 Å². The Bertz CT molecular complexity index is 314. The van der Waals surface area contributed by atoms with Crippen LogP contribution in [-0.2, 0) is 26.6 Å². The summed E-state index contributed by atoms with van der Waals surface area (Å²) in [6.45, 7) is 4.74. The van der Waals surface area contributed by atoms with Crippen LogP contribution in [0.2, 0.25) is 12.1 Å². The quantitative estimate of drug-likeness (QED) is 0.206. The smallest absolute Gasteiger partial charge is 0.377 e. The molecule has 0 rings (SSSR count). The molecule has 6 nitrogen and oxygen atoms in total. The zero-order chi connectivity index (χ0) is 21.5. The highest BCUT2D eigenvalue weighted by Crippen LogP contribution is 2.24. The zero-order valence-electron chi connectivity index (χ0n) is 19.7. The molecule has 0 aromatic rings. The van der Waals surface area contributed by atoms with Crippen LogP contribution in [0.5, 0.6) is 0 Å². The van der Waals surface area contributed by atoms with E-state index in [1.807, 2.05) is 0 Å². The first kappa shape index (κ1) is 28.2. The summed E-state index contributed by atoms with van der Waals surface area (Å²) in [5, 5.41) is 0. The standard InChI is InChI=1S/C20H46O6Si2/c1-19(13-9-11-17-27(21-3,22-4)23-5)15-16-20(2)14-10-12-18-28(24-6,25-7)26-8/h19-20H,9-18H2,1-8H3. The van der Waals surface area contributed by atoms with Gasteiger partial charge >= 0.3 is 17.6 Å². The van der Waals surface area contributed by atoms with Gasteiger partial charge in [-0.1, -0.05) is 52.4 Å². The van der Waals surface area contributed by atoms with Gasteiger partial charge in [0.2, 0.25) is 0 Å². The summed E-state index contributed by atoms with van der Waals surface area (Å²) in [6.07, 6.45) is 9.74.